The summed E-state index contributed by atoms with van der Waals surface area (Å²) in [6, 6.07) is 22.2. The molecule has 3 aromatic carbocycles. The van der Waals surface area contributed by atoms with Gasteiger partial charge in [-0.2, -0.15) is 0 Å². The Kier molecular flexibility index (Phi) is 7.90. The lowest BCUT2D eigenvalue weighted by molar-refractivity contribution is 0.237. The maximum absolute atomic E-state index is 13.3. The second-order valence-electron chi connectivity index (χ2n) is 8.31. The Bertz CT molecular complexity index is 1440. The highest BCUT2D eigenvalue weighted by atomic mass is 32.2. The van der Waals surface area contributed by atoms with Crippen molar-refractivity contribution in [3.63, 3.8) is 0 Å². The molecule has 0 radical (unpaired) electrons. The summed E-state index contributed by atoms with van der Waals surface area (Å²) in [5.74, 6) is 0.142. The minimum absolute atomic E-state index is 0.0371. The zero-order valence-electron chi connectivity index (χ0n) is 19.9. The molecule has 0 fully saturated rings. The van der Waals surface area contributed by atoms with Gasteiger partial charge in [0.1, 0.15) is 18.2 Å². The second kappa shape index (κ2) is 11.3. The third-order valence-electron chi connectivity index (χ3n) is 5.79. The summed E-state index contributed by atoms with van der Waals surface area (Å²) >= 11 is 0. The predicted molar refractivity (Wildman–Crippen MR) is 138 cm³/mol. The number of rotatable bonds is 10. The van der Waals surface area contributed by atoms with Crippen LogP contribution in [-0.2, 0) is 16.4 Å². The Morgan fingerprint density at radius 3 is 2.33 bits per heavy atom. The summed E-state index contributed by atoms with van der Waals surface area (Å²) in [5.41, 5.74) is 2.24. The molecule has 2 amide bonds. The maximum atomic E-state index is 13.3. The number of amides is 2. The van der Waals surface area contributed by atoms with E-state index in [1.807, 2.05) is 47.0 Å². The molecule has 0 aliphatic carbocycles. The number of halogens is 1. The average molecular weight is 510 g/mol. The van der Waals surface area contributed by atoms with Crippen LogP contribution in [0.4, 0.5) is 9.18 Å². The number of nitrogens with zero attached hydrogens (tertiary/aromatic N) is 1. The first-order chi connectivity index (χ1) is 17.3. The number of fused-ring (bicyclic) bond motifs is 1. The lowest BCUT2D eigenvalue weighted by atomic mass is 10.2. The van der Waals surface area contributed by atoms with Gasteiger partial charge in [0, 0.05) is 29.7 Å². The third-order valence-corrected chi connectivity index (χ3v) is 7.67. The minimum atomic E-state index is -3.70. The summed E-state index contributed by atoms with van der Waals surface area (Å²) in [6.45, 7) is 2.72. The number of nitrogens with one attached hydrogen (secondary N) is 2. The molecule has 7 nitrogen and oxygen atoms in total. The van der Waals surface area contributed by atoms with Gasteiger partial charge in [0.05, 0.1) is 17.2 Å². The molecule has 0 atom stereocenters. The van der Waals surface area contributed by atoms with E-state index < -0.39 is 15.9 Å². The molecule has 36 heavy (non-hydrogen) atoms. The molecule has 1 aromatic heterocycles. The Hall–Kier alpha value is -3.85. The zero-order chi connectivity index (χ0) is 25.5. The van der Waals surface area contributed by atoms with Crippen molar-refractivity contribution in [2.75, 3.05) is 25.4 Å². The fourth-order valence-corrected chi connectivity index (χ4v) is 5.72. The molecule has 0 aliphatic rings. The monoisotopic (exact) mass is 509 g/mol. The van der Waals surface area contributed by atoms with Crippen LogP contribution >= 0.6 is 0 Å². The Labute approximate surface area is 209 Å². The van der Waals surface area contributed by atoms with Crippen molar-refractivity contribution in [1.29, 1.82) is 0 Å². The Balaban J connectivity index is 1.38. The number of aromatic nitrogens is 1. The van der Waals surface area contributed by atoms with E-state index in [1.165, 1.54) is 12.1 Å². The smallest absolute Gasteiger partial charge is 0.314 e. The van der Waals surface area contributed by atoms with E-state index in [2.05, 4.69) is 10.6 Å². The fraction of sp³-hybridized carbons (Fsp3) is 0.222. The van der Waals surface area contributed by atoms with Crippen molar-refractivity contribution in [3.05, 3.63) is 95.9 Å². The standard InChI is InChI=1S/C27H28FN3O4S/c1-20-26(24-9-5-6-10-25(24)31(20)19-21-11-13-22(28)14-12-21)36(33,34)18-16-30-27(32)29-15-17-35-23-7-3-2-4-8-23/h2-14H,15-19H2,1H3,(H2,29,30,32). The van der Waals surface area contributed by atoms with E-state index in [0.717, 1.165) is 11.1 Å². The molecule has 2 N–H and O–H groups in total. The Morgan fingerprint density at radius 2 is 1.58 bits per heavy atom. The third kappa shape index (κ3) is 6.04. The summed E-state index contributed by atoms with van der Waals surface area (Å²) in [6.07, 6.45) is 0. The van der Waals surface area contributed by atoms with E-state index in [9.17, 15) is 17.6 Å². The SMILES string of the molecule is Cc1c(S(=O)(=O)CCNC(=O)NCCOc2ccccc2)c2ccccc2n1Cc1ccc(F)cc1. The summed E-state index contributed by atoms with van der Waals surface area (Å²) in [5, 5.41) is 5.88. The highest BCUT2D eigenvalue weighted by molar-refractivity contribution is 7.91. The number of carbonyl (C=O) groups excluding carboxylic acids is 1. The minimum Gasteiger partial charge on any atom is -0.492 e. The lowest BCUT2D eigenvalue weighted by Gasteiger charge is -2.11. The first-order valence-electron chi connectivity index (χ1n) is 11.6. The van der Waals surface area contributed by atoms with Crippen molar-refractivity contribution in [3.8, 4) is 5.75 Å². The molecule has 9 heteroatoms. The molecular weight excluding hydrogens is 481 g/mol. The molecular formula is C27H28FN3O4S. The second-order valence-corrected chi connectivity index (χ2v) is 10.4. The number of hydrogen-bond donors (Lipinski definition) is 2. The summed E-state index contributed by atoms with van der Waals surface area (Å²) in [4.78, 5) is 12.3. The largest absolute Gasteiger partial charge is 0.492 e. The number of carbonyl (C=O) groups is 1. The van der Waals surface area contributed by atoms with E-state index >= 15 is 0 Å². The van der Waals surface area contributed by atoms with Crippen LogP contribution in [0.3, 0.4) is 0 Å². The Morgan fingerprint density at radius 1 is 0.917 bits per heavy atom. The first kappa shape index (κ1) is 25.2. The van der Waals surface area contributed by atoms with Gasteiger partial charge in [-0.1, -0.05) is 48.5 Å². The fourth-order valence-electron chi connectivity index (χ4n) is 4.08. The molecule has 0 aliphatic heterocycles. The van der Waals surface area contributed by atoms with Gasteiger partial charge < -0.3 is 19.9 Å². The molecule has 4 aromatic rings. The molecule has 188 valence electrons. The number of hydrogen-bond acceptors (Lipinski definition) is 4. The molecule has 0 spiro atoms. The molecule has 0 saturated carbocycles. The van der Waals surface area contributed by atoms with Crippen molar-refractivity contribution in [2.45, 2.75) is 18.4 Å². The topological polar surface area (TPSA) is 89.4 Å². The maximum Gasteiger partial charge on any atom is 0.314 e. The van der Waals surface area contributed by atoms with Gasteiger partial charge in [-0.05, 0) is 42.8 Å². The van der Waals surface area contributed by atoms with Crippen molar-refractivity contribution < 1.29 is 22.3 Å². The van der Waals surface area contributed by atoms with Crippen LogP contribution in [0, 0.1) is 12.7 Å². The van der Waals surface area contributed by atoms with Crippen LogP contribution in [0.2, 0.25) is 0 Å². The van der Waals surface area contributed by atoms with Crippen LogP contribution in [0.15, 0.2) is 83.8 Å². The highest BCUT2D eigenvalue weighted by Crippen LogP contribution is 2.31. The number of benzene rings is 3. The van der Waals surface area contributed by atoms with Crippen LogP contribution < -0.4 is 15.4 Å². The quantitative estimate of drug-likeness (QED) is 0.312. The van der Waals surface area contributed by atoms with Gasteiger partial charge in [-0.25, -0.2) is 17.6 Å². The molecule has 1 heterocycles. The van der Waals surface area contributed by atoms with E-state index in [1.54, 1.807) is 31.2 Å². The summed E-state index contributed by atoms with van der Waals surface area (Å²) < 4.78 is 47.4. The normalized spacial score (nSPS) is 11.4. The van der Waals surface area contributed by atoms with Gasteiger partial charge in [0.2, 0.25) is 0 Å². The van der Waals surface area contributed by atoms with Crippen molar-refractivity contribution in [2.24, 2.45) is 0 Å². The van der Waals surface area contributed by atoms with Crippen LogP contribution in [0.5, 0.6) is 5.75 Å². The number of ether oxygens (including phenoxy) is 1. The van der Waals surface area contributed by atoms with Gasteiger partial charge in [0.25, 0.3) is 0 Å². The van der Waals surface area contributed by atoms with E-state index in [-0.39, 0.29) is 29.6 Å². The van der Waals surface area contributed by atoms with Crippen molar-refractivity contribution in [1.82, 2.24) is 15.2 Å². The number of urea groups is 1. The molecule has 0 bridgehead atoms. The lowest BCUT2D eigenvalue weighted by Crippen LogP contribution is -2.39. The van der Waals surface area contributed by atoms with Gasteiger partial charge in [0.15, 0.2) is 9.84 Å². The van der Waals surface area contributed by atoms with E-state index in [4.69, 9.17) is 4.74 Å². The number of para-hydroxylation sites is 2. The summed E-state index contributed by atoms with van der Waals surface area (Å²) in [7, 11) is -3.70. The van der Waals surface area contributed by atoms with Crippen LogP contribution in [0.25, 0.3) is 10.9 Å². The molecule has 0 unspecified atom stereocenters. The molecule has 0 saturated heterocycles. The average Bonchev–Trinajstić information content (AvgIpc) is 3.15. The van der Waals surface area contributed by atoms with Crippen LogP contribution in [-0.4, -0.2) is 44.5 Å². The predicted octanol–water partition coefficient (Wildman–Crippen LogP) is 4.29. The first-order valence-corrected chi connectivity index (χ1v) is 13.2. The van der Waals surface area contributed by atoms with E-state index in [0.29, 0.717) is 30.0 Å². The van der Waals surface area contributed by atoms with Crippen molar-refractivity contribution >= 4 is 26.8 Å². The van der Waals surface area contributed by atoms with Gasteiger partial charge in [-0.15, -0.1) is 0 Å². The van der Waals surface area contributed by atoms with Gasteiger partial charge >= 0.3 is 6.03 Å². The molecule has 4 rings (SSSR count). The zero-order valence-corrected chi connectivity index (χ0v) is 20.7. The van der Waals surface area contributed by atoms with Crippen LogP contribution in [0.1, 0.15) is 11.3 Å². The van der Waals surface area contributed by atoms with Gasteiger partial charge in [-0.3, -0.25) is 0 Å². The number of sulfone groups is 1. The highest BCUT2D eigenvalue weighted by Gasteiger charge is 2.25.